The maximum Gasteiger partial charge on any atom is 0.255 e. The highest BCUT2D eigenvalue weighted by molar-refractivity contribution is 6.00. The predicted molar refractivity (Wildman–Crippen MR) is 92.9 cm³/mol. The average molecular weight is 296 g/mol. The number of para-hydroxylation sites is 1. The van der Waals surface area contributed by atoms with Crippen LogP contribution in [0.5, 0.6) is 0 Å². The van der Waals surface area contributed by atoms with Crippen molar-refractivity contribution in [3.05, 3.63) is 59.2 Å². The van der Waals surface area contributed by atoms with Crippen LogP contribution in [0.2, 0.25) is 0 Å². The zero-order chi connectivity index (χ0) is 16.1. The summed E-state index contributed by atoms with van der Waals surface area (Å²) in [5, 5.41) is 3.40. The fourth-order valence-corrected chi connectivity index (χ4v) is 2.56. The van der Waals surface area contributed by atoms with E-state index in [4.69, 9.17) is 0 Å². The first-order chi connectivity index (χ1) is 10.6. The zero-order valence-electron chi connectivity index (χ0n) is 13.8. The Morgan fingerprint density at radius 1 is 1.00 bits per heavy atom. The van der Waals surface area contributed by atoms with Crippen molar-refractivity contribution in [1.29, 1.82) is 0 Å². The fraction of sp³-hybridized carbons (Fsp3) is 0.316. The molecule has 2 rings (SSSR count). The van der Waals surface area contributed by atoms with Crippen molar-refractivity contribution in [1.82, 2.24) is 4.90 Å². The van der Waals surface area contributed by atoms with E-state index in [0.29, 0.717) is 18.7 Å². The zero-order valence-corrected chi connectivity index (χ0v) is 13.8. The molecule has 116 valence electrons. The van der Waals surface area contributed by atoms with Crippen LogP contribution in [0, 0.1) is 13.8 Å². The van der Waals surface area contributed by atoms with Crippen LogP contribution in [0.25, 0.3) is 0 Å². The Balaban J connectivity index is 2.34. The molecule has 1 N–H and O–H groups in total. The highest BCUT2D eigenvalue weighted by atomic mass is 16.2. The third-order valence-corrected chi connectivity index (χ3v) is 3.86. The maximum absolute atomic E-state index is 12.6. The fourth-order valence-electron chi connectivity index (χ4n) is 2.56. The molecule has 0 unspecified atom stereocenters. The van der Waals surface area contributed by atoms with Gasteiger partial charge in [-0.3, -0.25) is 4.79 Å². The number of carbonyl (C=O) groups is 1. The Labute approximate surface area is 133 Å². The van der Waals surface area contributed by atoms with Gasteiger partial charge in [-0.2, -0.15) is 0 Å². The van der Waals surface area contributed by atoms with Crippen molar-refractivity contribution in [3.63, 3.8) is 0 Å². The minimum absolute atomic E-state index is 0.0675. The summed E-state index contributed by atoms with van der Waals surface area (Å²) in [4.78, 5) is 14.5. The molecule has 0 spiro atoms. The van der Waals surface area contributed by atoms with Crippen LogP contribution in [0.3, 0.4) is 0 Å². The summed E-state index contributed by atoms with van der Waals surface area (Å²) >= 11 is 0. The van der Waals surface area contributed by atoms with Crippen LogP contribution in [0.15, 0.2) is 42.5 Å². The van der Waals surface area contributed by atoms with Gasteiger partial charge in [0.2, 0.25) is 0 Å². The van der Waals surface area contributed by atoms with Crippen LogP contribution in [0.4, 0.5) is 11.4 Å². The number of hydrogen-bond acceptors (Lipinski definition) is 2. The number of nitrogens with one attached hydrogen (secondary N) is 1. The molecule has 2 aromatic rings. The minimum Gasteiger partial charge on any atom is -0.355 e. The summed E-state index contributed by atoms with van der Waals surface area (Å²) < 4.78 is 0. The van der Waals surface area contributed by atoms with Gasteiger partial charge in [-0.1, -0.05) is 29.8 Å². The van der Waals surface area contributed by atoms with Gasteiger partial charge in [-0.15, -0.1) is 0 Å². The highest BCUT2D eigenvalue weighted by Crippen LogP contribution is 2.25. The largest absolute Gasteiger partial charge is 0.355 e. The molecule has 0 atom stereocenters. The lowest BCUT2D eigenvalue weighted by Crippen LogP contribution is -2.30. The molecular formula is C19H24N2O. The van der Waals surface area contributed by atoms with Crippen molar-refractivity contribution in [2.45, 2.75) is 27.7 Å². The van der Waals surface area contributed by atoms with E-state index < -0.39 is 0 Å². The number of nitrogens with zero attached hydrogens (tertiary/aromatic N) is 1. The number of rotatable bonds is 5. The Morgan fingerprint density at radius 3 is 2.32 bits per heavy atom. The lowest BCUT2D eigenvalue weighted by molar-refractivity contribution is 0.0774. The first kappa shape index (κ1) is 16.1. The molecule has 0 radical (unpaired) electrons. The van der Waals surface area contributed by atoms with Gasteiger partial charge in [0.15, 0.2) is 0 Å². The van der Waals surface area contributed by atoms with Crippen molar-refractivity contribution >= 4 is 17.3 Å². The molecule has 3 heteroatoms. The summed E-state index contributed by atoms with van der Waals surface area (Å²) in [6, 6.07) is 14.0. The van der Waals surface area contributed by atoms with E-state index in [1.54, 1.807) is 0 Å². The summed E-state index contributed by atoms with van der Waals surface area (Å²) in [7, 11) is 0. The number of carbonyl (C=O) groups excluding carboxylic acids is 1. The first-order valence-corrected chi connectivity index (χ1v) is 7.79. The molecule has 0 bridgehead atoms. The molecule has 0 heterocycles. The molecule has 22 heavy (non-hydrogen) atoms. The van der Waals surface area contributed by atoms with Crippen molar-refractivity contribution in [3.8, 4) is 0 Å². The van der Waals surface area contributed by atoms with Gasteiger partial charge in [0.1, 0.15) is 0 Å². The normalized spacial score (nSPS) is 10.4. The molecule has 0 saturated carbocycles. The molecule has 0 aliphatic rings. The summed E-state index contributed by atoms with van der Waals surface area (Å²) in [6.45, 7) is 9.59. The molecule has 1 amide bonds. The number of aryl methyl sites for hydroxylation is 2. The van der Waals surface area contributed by atoms with Gasteiger partial charge in [-0.05, 0) is 51.5 Å². The molecule has 3 nitrogen and oxygen atoms in total. The van der Waals surface area contributed by atoms with E-state index in [2.05, 4.69) is 37.4 Å². The predicted octanol–water partition coefficient (Wildman–Crippen LogP) is 4.53. The van der Waals surface area contributed by atoms with Crippen molar-refractivity contribution in [2.24, 2.45) is 0 Å². The Bertz CT molecular complexity index is 660. The standard InChI is InChI=1S/C19H24N2O/c1-5-21(6-2)19(22)16-9-7-8-10-18(16)20-17-12-11-14(3)13-15(17)4/h7-13,20H,5-6H2,1-4H3. The Morgan fingerprint density at radius 2 is 1.68 bits per heavy atom. The first-order valence-electron chi connectivity index (χ1n) is 7.79. The summed E-state index contributed by atoms with van der Waals surface area (Å²) in [5.41, 5.74) is 5.00. The van der Waals surface area contributed by atoms with Crippen molar-refractivity contribution < 1.29 is 4.79 Å². The van der Waals surface area contributed by atoms with E-state index in [1.807, 2.05) is 43.0 Å². The van der Waals surface area contributed by atoms with Gasteiger partial charge in [-0.25, -0.2) is 0 Å². The number of amides is 1. The van der Waals surface area contributed by atoms with Gasteiger partial charge in [0.25, 0.3) is 5.91 Å². The van der Waals surface area contributed by atoms with Crippen LogP contribution in [0.1, 0.15) is 35.3 Å². The number of hydrogen-bond donors (Lipinski definition) is 1. The molecule has 2 aromatic carbocycles. The van der Waals surface area contributed by atoms with Gasteiger partial charge in [0.05, 0.1) is 11.3 Å². The van der Waals surface area contributed by atoms with Crippen molar-refractivity contribution in [2.75, 3.05) is 18.4 Å². The molecule has 0 saturated heterocycles. The topological polar surface area (TPSA) is 32.3 Å². The Kier molecular flexibility index (Phi) is 5.21. The van der Waals surface area contributed by atoms with E-state index in [-0.39, 0.29) is 5.91 Å². The smallest absolute Gasteiger partial charge is 0.255 e. The second-order valence-corrected chi connectivity index (χ2v) is 5.47. The van der Waals surface area contributed by atoms with Crippen LogP contribution >= 0.6 is 0 Å². The van der Waals surface area contributed by atoms with Crippen LogP contribution in [-0.4, -0.2) is 23.9 Å². The second-order valence-electron chi connectivity index (χ2n) is 5.47. The Hall–Kier alpha value is -2.29. The SMILES string of the molecule is CCN(CC)C(=O)c1ccccc1Nc1ccc(C)cc1C. The van der Waals surface area contributed by atoms with Gasteiger partial charge in [0, 0.05) is 18.8 Å². The quantitative estimate of drug-likeness (QED) is 0.879. The summed E-state index contributed by atoms with van der Waals surface area (Å²) in [5.74, 6) is 0.0675. The molecule has 0 fully saturated rings. The molecule has 0 aromatic heterocycles. The number of anilines is 2. The van der Waals surface area contributed by atoms with Crippen LogP contribution in [-0.2, 0) is 0 Å². The second kappa shape index (κ2) is 7.12. The lowest BCUT2D eigenvalue weighted by Gasteiger charge is -2.21. The van der Waals surface area contributed by atoms with Crippen LogP contribution < -0.4 is 5.32 Å². The lowest BCUT2D eigenvalue weighted by atomic mass is 10.1. The molecule has 0 aliphatic heterocycles. The van der Waals surface area contributed by atoms with E-state index in [9.17, 15) is 4.79 Å². The van der Waals surface area contributed by atoms with E-state index in [1.165, 1.54) is 11.1 Å². The molecular weight excluding hydrogens is 272 g/mol. The maximum atomic E-state index is 12.6. The highest BCUT2D eigenvalue weighted by Gasteiger charge is 2.16. The number of benzene rings is 2. The third kappa shape index (κ3) is 3.48. The average Bonchev–Trinajstić information content (AvgIpc) is 2.51. The van der Waals surface area contributed by atoms with Gasteiger partial charge < -0.3 is 10.2 Å². The van der Waals surface area contributed by atoms with E-state index >= 15 is 0 Å². The van der Waals surface area contributed by atoms with E-state index in [0.717, 1.165) is 11.4 Å². The monoisotopic (exact) mass is 296 g/mol. The summed E-state index contributed by atoms with van der Waals surface area (Å²) in [6.07, 6.45) is 0. The third-order valence-electron chi connectivity index (χ3n) is 3.86. The molecule has 0 aliphatic carbocycles. The minimum atomic E-state index is 0.0675. The van der Waals surface area contributed by atoms with Gasteiger partial charge >= 0.3 is 0 Å².